The van der Waals surface area contributed by atoms with Crippen molar-refractivity contribution in [2.24, 2.45) is 5.92 Å². The Hall–Kier alpha value is -1.79. The fourth-order valence-electron chi connectivity index (χ4n) is 2.59. The van der Waals surface area contributed by atoms with Gasteiger partial charge in [0.25, 0.3) is 0 Å². The number of hydrogen-bond donors (Lipinski definition) is 3. The number of carbonyl (C=O) groups is 1. The number of nitrogens with one attached hydrogen (secondary N) is 2. The molecule has 0 spiro atoms. The van der Waals surface area contributed by atoms with Crippen LogP contribution >= 0.6 is 0 Å². The Kier molecular flexibility index (Phi) is 6.03. The lowest BCUT2D eigenvalue weighted by Gasteiger charge is -2.14. The van der Waals surface area contributed by atoms with Gasteiger partial charge in [-0.3, -0.25) is 4.79 Å². The van der Waals surface area contributed by atoms with Gasteiger partial charge in [-0.2, -0.15) is 0 Å². The quantitative estimate of drug-likeness (QED) is 0.676. The van der Waals surface area contributed by atoms with Gasteiger partial charge in [0.15, 0.2) is 0 Å². The van der Waals surface area contributed by atoms with E-state index in [0.29, 0.717) is 25.9 Å². The molecule has 0 aliphatic carbocycles. The molecule has 1 aliphatic rings. The van der Waals surface area contributed by atoms with Gasteiger partial charge in [0.1, 0.15) is 11.5 Å². The largest absolute Gasteiger partial charge is 0.497 e. The molecule has 2 atom stereocenters. The molecule has 2 unspecified atom stereocenters. The molecule has 22 heavy (non-hydrogen) atoms. The standard InChI is InChI=1S/C16H24N2O4/c1-21-13-4-5-15(22-2)11(7-13)3-6-16(20)18-9-12-8-17-10-14(12)19/h4-5,7,12,14,17,19H,3,6,8-10H2,1-2H3,(H,18,20). The van der Waals surface area contributed by atoms with E-state index in [2.05, 4.69) is 10.6 Å². The fraction of sp³-hybridized carbons (Fsp3) is 0.562. The summed E-state index contributed by atoms with van der Waals surface area (Å²) in [5.74, 6) is 1.57. The van der Waals surface area contributed by atoms with Crippen molar-refractivity contribution in [1.29, 1.82) is 0 Å². The van der Waals surface area contributed by atoms with Crippen LogP contribution in [-0.4, -0.2) is 51.0 Å². The molecule has 1 aromatic rings. The van der Waals surface area contributed by atoms with Gasteiger partial charge < -0.3 is 25.2 Å². The van der Waals surface area contributed by atoms with Crippen LogP contribution in [-0.2, 0) is 11.2 Å². The number of carbonyl (C=O) groups excluding carboxylic acids is 1. The molecule has 3 N–H and O–H groups in total. The average molecular weight is 308 g/mol. The normalized spacial score (nSPS) is 20.7. The summed E-state index contributed by atoms with van der Waals surface area (Å²) < 4.78 is 10.5. The third-order valence-corrected chi connectivity index (χ3v) is 3.97. The highest BCUT2D eigenvalue weighted by atomic mass is 16.5. The molecular formula is C16H24N2O4. The van der Waals surface area contributed by atoms with E-state index in [4.69, 9.17) is 9.47 Å². The Balaban J connectivity index is 1.82. The van der Waals surface area contributed by atoms with E-state index in [9.17, 15) is 9.90 Å². The van der Waals surface area contributed by atoms with Crippen LogP contribution in [0.3, 0.4) is 0 Å². The summed E-state index contributed by atoms with van der Waals surface area (Å²) in [5.41, 5.74) is 0.944. The van der Waals surface area contributed by atoms with E-state index >= 15 is 0 Å². The highest BCUT2D eigenvalue weighted by Gasteiger charge is 2.24. The van der Waals surface area contributed by atoms with Gasteiger partial charge in [0.05, 0.1) is 20.3 Å². The van der Waals surface area contributed by atoms with Gasteiger partial charge in [-0.15, -0.1) is 0 Å². The third-order valence-electron chi connectivity index (χ3n) is 3.97. The zero-order valence-corrected chi connectivity index (χ0v) is 13.1. The van der Waals surface area contributed by atoms with Crippen molar-refractivity contribution in [3.05, 3.63) is 23.8 Å². The van der Waals surface area contributed by atoms with Gasteiger partial charge in [0, 0.05) is 32.0 Å². The minimum Gasteiger partial charge on any atom is -0.497 e. The molecule has 0 saturated carbocycles. The SMILES string of the molecule is COc1ccc(OC)c(CCC(=O)NCC2CNCC2O)c1. The Morgan fingerprint density at radius 1 is 1.36 bits per heavy atom. The highest BCUT2D eigenvalue weighted by Crippen LogP contribution is 2.25. The molecule has 0 bridgehead atoms. The second-order valence-corrected chi connectivity index (χ2v) is 5.47. The molecule has 1 amide bonds. The molecule has 6 nitrogen and oxygen atoms in total. The van der Waals surface area contributed by atoms with Crippen LogP contribution in [0.25, 0.3) is 0 Å². The number of benzene rings is 1. The van der Waals surface area contributed by atoms with E-state index in [-0.39, 0.29) is 17.9 Å². The van der Waals surface area contributed by atoms with Gasteiger partial charge in [-0.05, 0) is 30.2 Å². The minimum atomic E-state index is -0.376. The summed E-state index contributed by atoms with van der Waals surface area (Å²) in [5, 5.41) is 15.7. The summed E-state index contributed by atoms with van der Waals surface area (Å²) >= 11 is 0. The van der Waals surface area contributed by atoms with Crippen LogP contribution < -0.4 is 20.1 Å². The zero-order valence-electron chi connectivity index (χ0n) is 13.1. The maximum Gasteiger partial charge on any atom is 0.220 e. The fourth-order valence-corrected chi connectivity index (χ4v) is 2.59. The van der Waals surface area contributed by atoms with Crippen LogP contribution in [0.4, 0.5) is 0 Å². The molecule has 1 saturated heterocycles. The molecule has 0 radical (unpaired) electrons. The number of amides is 1. The van der Waals surface area contributed by atoms with Crippen molar-refractivity contribution in [2.45, 2.75) is 18.9 Å². The van der Waals surface area contributed by atoms with Crippen LogP contribution in [0.15, 0.2) is 18.2 Å². The van der Waals surface area contributed by atoms with E-state index in [0.717, 1.165) is 23.6 Å². The Morgan fingerprint density at radius 2 is 2.18 bits per heavy atom. The van der Waals surface area contributed by atoms with Gasteiger partial charge >= 0.3 is 0 Å². The van der Waals surface area contributed by atoms with Crippen molar-refractivity contribution in [2.75, 3.05) is 33.9 Å². The molecule has 1 aromatic carbocycles. The van der Waals surface area contributed by atoms with Crippen LogP contribution in [0.2, 0.25) is 0 Å². The van der Waals surface area contributed by atoms with Crippen molar-refractivity contribution in [3.63, 3.8) is 0 Å². The molecule has 2 rings (SSSR count). The lowest BCUT2D eigenvalue weighted by atomic mass is 10.1. The predicted molar refractivity (Wildman–Crippen MR) is 83.2 cm³/mol. The second kappa shape index (κ2) is 8.00. The van der Waals surface area contributed by atoms with E-state index < -0.39 is 0 Å². The van der Waals surface area contributed by atoms with Crippen LogP contribution in [0.1, 0.15) is 12.0 Å². The summed E-state index contributed by atoms with van der Waals surface area (Å²) in [7, 11) is 3.22. The summed E-state index contributed by atoms with van der Waals surface area (Å²) in [4.78, 5) is 11.9. The number of rotatable bonds is 7. The zero-order chi connectivity index (χ0) is 15.9. The number of methoxy groups -OCH3 is 2. The number of hydrogen-bond acceptors (Lipinski definition) is 5. The number of aliphatic hydroxyl groups excluding tert-OH is 1. The van der Waals surface area contributed by atoms with E-state index in [1.165, 1.54) is 0 Å². The Morgan fingerprint density at radius 3 is 2.82 bits per heavy atom. The number of β-amino-alcohol motifs (C(OH)–C–C–N with tert-alkyl or cyclic N) is 1. The van der Waals surface area contributed by atoms with Gasteiger partial charge in [0.2, 0.25) is 5.91 Å². The average Bonchev–Trinajstić information content (AvgIpc) is 2.95. The van der Waals surface area contributed by atoms with Crippen molar-refractivity contribution in [3.8, 4) is 11.5 Å². The molecule has 1 heterocycles. The molecule has 6 heteroatoms. The Bertz CT molecular complexity index is 507. The number of aliphatic hydroxyl groups is 1. The van der Waals surface area contributed by atoms with E-state index in [1.807, 2.05) is 18.2 Å². The van der Waals surface area contributed by atoms with Gasteiger partial charge in [-0.25, -0.2) is 0 Å². The maximum atomic E-state index is 11.9. The first kappa shape index (κ1) is 16.6. The summed E-state index contributed by atoms with van der Waals surface area (Å²) in [6.07, 6.45) is 0.580. The molecule has 122 valence electrons. The molecule has 1 fully saturated rings. The first-order valence-corrected chi connectivity index (χ1v) is 7.50. The maximum absolute atomic E-state index is 11.9. The first-order chi connectivity index (χ1) is 10.6. The molecule has 0 aromatic heterocycles. The van der Waals surface area contributed by atoms with Crippen LogP contribution in [0.5, 0.6) is 11.5 Å². The van der Waals surface area contributed by atoms with Crippen LogP contribution in [0, 0.1) is 5.92 Å². The number of aryl methyl sites for hydroxylation is 1. The molecule has 1 aliphatic heterocycles. The van der Waals surface area contributed by atoms with Gasteiger partial charge in [-0.1, -0.05) is 0 Å². The van der Waals surface area contributed by atoms with Crippen molar-refractivity contribution < 1.29 is 19.4 Å². The summed E-state index contributed by atoms with van der Waals surface area (Å²) in [6.45, 7) is 1.84. The third kappa shape index (κ3) is 4.35. The topological polar surface area (TPSA) is 79.8 Å². The highest BCUT2D eigenvalue weighted by molar-refractivity contribution is 5.76. The number of ether oxygens (including phenoxy) is 2. The smallest absolute Gasteiger partial charge is 0.220 e. The lowest BCUT2D eigenvalue weighted by Crippen LogP contribution is -2.34. The van der Waals surface area contributed by atoms with Crippen molar-refractivity contribution >= 4 is 5.91 Å². The Labute approximate surface area is 130 Å². The monoisotopic (exact) mass is 308 g/mol. The summed E-state index contributed by atoms with van der Waals surface area (Å²) in [6, 6.07) is 5.56. The lowest BCUT2D eigenvalue weighted by molar-refractivity contribution is -0.121. The molecular weight excluding hydrogens is 284 g/mol. The minimum absolute atomic E-state index is 0.0241. The predicted octanol–water partition coefficient (Wildman–Crippen LogP) is 0.333. The first-order valence-electron chi connectivity index (χ1n) is 7.50. The second-order valence-electron chi connectivity index (χ2n) is 5.47. The van der Waals surface area contributed by atoms with E-state index in [1.54, 1.807) is 14.2 Å². The van der Waals surface area contributed by atoms with Crippen molar-refractivity contribution in [1.82, 2.24) is 10.6 Å².